The van der Waals surface area contributed by atoms with Crippen LogP contribution < -0.4 is 10.1 Å². The van der Waals surface area contributed by atoms with Crippen molar-refractivity contribution in [3.63, 3.8) is 0 Å². The highest BCUT2D eigenvalue weighted by molar-refractivity contribution is 14.2. The van der Waals surface area contributed by atoms with Gasteiger partial charge in [-0.25, -0.2) is 0 Å². The van der Waals surface area contributed by atoms with Crippen LogP contribution in [0.5, 0.6) is 5.88 Å². The number of anilines is 2. The van der Waals surface area contributed by atoms with Crippen LogP contribution in [0.1, 0.15) is 12.6 Å². The van der Waals surface area contributed by atoms with Crippen molar-refractivity contribution in [2.24, 2.45) is 7.05 Å². The van der Waals surface area contributed by atoms with Crippen molar-refractivity contribution in [2.45, 2.75) is 13.8 Å². The molecule has 0 bridgehead atoms. The molecule has 0 fully saturated rings. The van der Waals surface area contributed by atoms with Gasteiger partial charge >= 0.3 is 0 Å². The Labute approximate surface area is 144 Å². The van der Waals surface area contributed by atoms with Crippen LogP contribution in [0.2, 0.25) is 0 Å². The zero-order valence-corrected chi connectivity index (χ0v) is 15.3. The van der Waals surface area contributed by atoms with Crippen molar-refractivity contribution in [1.29, 1.82) is 0 Å². The van der Waals surface area contributed by atoms with E-state index in [0.29, 0.717) is 18.4 Å². The van der Waals surface area contributed by atoms with Gasteiger partial charge in [-0.05, 0) is 19.9 Å². The summed E-state index contributed by atoms with van der Waals surface area (Å²) in [5.41, 5.74) is 2.59. The Morgan fingerprint density at radius 1 is 1.41 bits per heavy atom. The van der Waals surface area contributed by atoms with E-state index in [9.17, 15) is 0 Å². The van der Waals surface area contributed by atoms with Crippen LogP contribution in [0.3, 0.4) is 0 Å². The number of fused-ring (bicyclic) bond motifs is 1. The summed E-state index contributed by atoms with van der Waals surface area (Å²) in [4.78, 5) is 9.07. The van der Waals surface area contributed by atoms with E-state index in [1.54, 1.807) is 13.8 Å². The Balaban J connectivity index is 2.07. The second-order valence-electron chi connectivity index (χ2n) is 4.66. The van der Waals surface area contributed by atoms with Crippen molar-refractivity contribution in [3.05, 3.63) is 24.2 Å². The van der Waals surface area contributed by atoms with Gasteiger partial charge in [0.1, 0.15) is 0 Å². The quantitative estimate of drug-likeness (QED) is 0.626. The molecule has 0 aliphatic heterocycles. The van der Waals surface area contributed by atoms with Gasteiger partial charge in [0.2, 0.25) is 11.8 Å². The molecular formula is C13H15IN6OS. The Morgan fingerprint density at radius 3 is 2.86 bits per heavy atom. The molecule has 0 spiro atoms. The first kappa shape index (κ1) is 15.4. The van der Waals surface area contributed by atoms with Gasteiger partial charge in [-0.15, -0.1) is 0 Å². The fourth-order valence-electron chi connectivity index (χ4n) is 2.17. The van der Waals surface area contributed by atoms with E-state index in [0.717, 1.165) is 22.4 Å². The third-order valence-corrected chi connectivity index (χ3v) is 4.81. The average molecular weight is 430 g/mol. The van der Waals surface area contributed by atoms with Crippen molar-refractivity contribution in [1.82, 2.24) is 23.7 Å². The van der Waals surface area contributed by atoms with Gasteiger partial charge in [-0.2, -0.15) is 15.1 Å². The minimum absolute atomic E-state index is 0.498. The van der Waals surface area contributed by atoms with E-state index in [-0.39, 0.29) is 0 Å². The van der Waals surface area contributed by atoms with Crippen LogP contribution in [0.25, 0.3) is 11.0 Å². The predicted molar refractivity (Wildman–Crippen MR) is 96.9 cm³/mol. The molecule has 3 aromatic heterocycles. The number of hydrogen-bond acceptors (Lipinski definition) is 6. The van der Waals surface area contributed by atoms with E-state index >= 15 is 0 Å². The molecule has 0 amide bonds. The van der Waals surface area contributed by atoms with E-state index in [2.05, 4.69) is 41.6 Å². The summed E-state index contributed by atoms with van der Waals surface area (Å²) < 4.78 is 9.38. The van der Waals surface area contributed by atoms with Crippen LogP contribution in [-0.2, 0) is 7.05 Å². The van der Waals surface area contributed by atoms with Crippen molar-refractivity contribution < 1.29 is 4.74 Å². The summed E-state index contributed by atoms with van der Waals surface area (Å²) in [5, 5.41) is 8.43. The molecule has 22 heavy (non-hydrogen) atoms. The van der Waals surface area contributed by atoms with Crippen molar-refractivity contribution >= 4 is 53.0 Å². The minimum Gasteiger partial charge on any atom is -0.477 e. The summed E-state index contributed by atoms with van der Waals surface area (Å²) in [6.07, 6.45) is 3.85. The van der Waals surface area contributed by atoms with Crippen LogP contribution >= 0.6 is 30.3 Å². The lowest BCUT2D eigenvalue weighted by Gasteiger charge is -2.08. The summed E-state index contributed by atoms with van der Waals surface area (Å²) in [6.45, 7) is 4.43. The third-order valence-electron chi connectivity index (χ3n) is 3.09. The number of aromatic nitrogens is 5. The fraction of sp³-hybridized carbons (Fsp3) is 0.308. The van der Waals surface area contributed by atoms with Crippen LogP contribution in [0.4, 0.5) is 11.6 Å². The van der Waals surface area contributed by atoms with E-state index in [4.69, 9.17) is 4.74 Å². The smallest absolute Gasteiger partial charge is 0.232 e. The Kier molecular flexibility index (Phi) is 4.43. The second kappa shape index (κ2) is 6.32. The molecule has 0 aliphatic rings. The highest BCUT2D eigenvalue weighted by Crippen LogP contribution is 2.30. The maximum absolute atomic E-state index is 5.65. The van der Waals surface area contributed by atoms with Crippen LogP contribution in [-0.4, -0.2) is 30.3 Å². The van der Waals surface area contributed by atoms with E-state index in [1.165, 1.54) is 0 Å². The number of hydrogen-bond donors (Lipinski definition) is 1. The second-order valence-corrected chi connectivity index (χ2v) is 6.37. The highest BCUT2D eigenvalue weighted by atomic mass is 127. The zero-order chi connectivity index (χ0) is 15.7. The minimum atomic E-state index is 0.498. The SMILES string of the molecule is CCOc1nc(Nc2cn(C)nc2C)nc2c1ccn2SI. The Morgan fingerprint density at radius 2 is 2.23 bits per heavy atom. The Bertz CT molecular complexity index is 814. The van der Waals surface area contributed by atoms with Crippen molar-refractivity contribution in [3.8, 4) is 5.88 Å². The lowest BCUT2D eigenvalue weighted by atomic mass is 10.4. The molecule has 0 atom stereocenters. The summed E-state index contributed by atoms with van der Waals surface area (Å²) >= 11 is 2.22. The zero-order valence-electron chi connectivity index (χ0n) is 12.4. The molecule has 3 heterocycles. The molecule has 7 nitrogen and oxygen atoms in total. The third kappa shape index (κ3) is 2.86. The molecule has 0 unspecified atom stereocenters. The van der Waals surface area contributed by atoms with Gasteiger partial charge in [-0.3, -0.25) is 8.65 Å². The number of nitrogens with one attached hydrogen (secondary N) is 1. The van der Waals surface area contributed by atoms with Crippen LogP contribution in [0.15, 0.2) is 18.5 Å². The summed E-state index contributed by atoms with van der Waals surface area (Å²) in [5.74, 6) is 1.08. The molecule has 3 aromatic rings. The number of ether oxygens (including phenoxy) is 1. The molecule has 0 saturated heterocycles. The largest absolute Gasteiger partial charge is 0.477 e. The first-order chi connectivity index (χ1) is 10.6. The van der Waals surface area contributed by atoms with Gasteiger partial charge in [0.15, 0.2) is 5.65 Å². The maximum Gasteiger partial charge on any atom is 0.232 e. The lowest BCUT2D eigenvalue weighted by Crippen LogP contribution is -2.02. The van der Waals surface area contributed by atoms with E-state index < -0.39 is 0 Å². The highest BCUT2D eigenvalue weighted by Gasteiger charge is 2.14. The monoisotopic (exact) mass is 430 g/mol. The molecule has 0 aromatic carbocycles. The molecule has 116 valence electrons. The van der Waals surface area contributed by atoms with Gasteiger partial charge in [-0.1, -0.05) is 0 Å². The van der Waals surface area contributed by atoms with Crippen molar-refractivity contribution in [2.75, 3.05) is 11.9 Å². The predicted octanol–water partition coefficient (Wildman–Crippen LogP) is 3.46. The molecular weight excluding hydrogens is 415 g/mol. The molecule has 0 radical (unpaired) electrons. The van der Waals surface area contributed by atoms with Crippen LogP contribution in [0, 0.1) is 6.92 Å². The fourth-order valence-corrected chi connectivity index (χ4v) is 3.43. The number of aryl methyl sites for hydroxylation is 2. The van der Waals surface area contributed by atoms with E-state index in [1.807, 2.05) is 43.3 Å². The first-order valence-corrected chi connectivity index (χ1v) is 10.0. The number of nitrogens with zero attached hydrogens (tertiary/aromatic N) is 5. The average Bonchev–Trinajstić information content (AvgIpc) is 3.02. The van der Waals surface area contributed by atoms with Gasteiger partial charge in [0, 0.05) is 49.8 Å². The molecule has 3 rings (SSSR count). The summed E-state index contributed by atoms with van der Waals surface area (Å²) in [7, 11) is 3.43. The lowest BCUT2D eigenvalue weighted by molar-refractivity contribution is 0.331. The number of rotatable bonds is 5. The normalized spacial score (nSPS) is 11.1. The van der Waals surface area contributed by atoms with Gasteiger partial charge in [0.05, 0.1) is 23.4 Å². The standard InChI is InChI=1S/C13H15IN6OS/c1-4-21-12-9-5-6-20(22-14)11(9)16-13(17-12)15-10-7-19(3)18-8(10)2/h5-7H,4H2,1-3H3,(H,15,16,17). The summed E-state index contributed by atoms with van der Waals surface area (Å²) in [6, 6.07) is 1.96. The number of halogens is 1. The molecule has 1 N–H and O–H groups in total. The molecule has 0 aliphatic carbocycles. The molecule has 9 heteroatoms. The topological polar surface area (TPSA) is 69.8 Å². The van der Waals surface area contributed by atoms with Gasteiger partial charge in [0.25, 0.3) is 0 Å². The maximum atomic E-state index is 5.65. The Hall–Kier alpha value is -1.49. The van der Waals surface area contributed by atoms with Gasteiger partial charge < -0.3 is 10.1 Å². The molecule has 0 saturated carbocycles. The first-order valence-electron chi connectivity index (χ1n) is 6.70.